The Kier molecular flexibility index (Phi) is 4.30. The van der Waals surface area contributed by atoms with Gasteiger partial charge in [-0.2, -0.15) is 0 Å². The molecule has 4 heteroatoms. The van der Waals surface area contributed by atoms with Gasteiger partial charge in [-0.05, 0) is 24.3 Å². The molecule has 0 spiro atoms. The summed E-state index contributed by atoms with van der Waals surface area (Å²) in [6.07, 6.45) is 1.75. The van der Waals surface area contributed by atoms with Gasteiger partial charge in [0.05, 0.1) is 17.4 Å². The number of fused-ring (bicyclic) bond motifs is 1. The average Bonchev–Trinajstić information content (AvgIpc) is 3.06. The highest BCUT2D eigenvalue weighted by molar-refractivity contribution is 6.11. The summed E-state index contributed by atoms with van der Waals surface area (Å²) in [6, 6.07) is 24.2. The topological polar surface area (TPSA) is 48.3 Å². The van der Waals surface area contributed by atoms with E-state index in [2.05, 4.69) is 0 Å². The fourth-order valence-corrected chi connectivity index (χ4v) is 3.20. The summed E-state index contributed by atoms with van der Waals surface area (Å²) < 4.78 is 7.26. The third-order valence-electron chi connectivity index (χ3n) is 4.37. The van der Waals surface area contributed by atoms with Gasteiger partial charge in [-0.3, -0.25) is 9.59 Å². The molecule has 0 atom stereocenters. The molecule has 0 saturated carbocycles. The minimum absolute atomic E-state index is 0.0574. The van der Waals surface area contributed by atoms with Crippen molar-refractivity contribution in [1.82, 2.24) is 4.57 Å². The van der Waals surface area contributed by atoms with Gasteiger partial charge < -0.3 is 9.30 Å². The summed E-state index contributed by atoms with van der Waals surface area (Å²) in [7, 11) is 0. The Bertz CT molecular complexity index is 1140. The number of ketones is 1. The smallest absolute Gasteiger partial charge is 0.308 e. The van der Waals surface area contributed by atoms with Crippen LogP contribution in [0.3, 0.4) is 0 Å². The first kappa shape index (κ1) is 16.8. The van der Waals surface area contributed by atoms with Crippen molar-refractivity contribution in [3.8, 4) is 11.4 Å². The zero-order valence-corrected chi connectivity index (χ0v) is 14.8. The van der Waals surface area contributed by atoms with Crippen LogP contribution in [0.25, 0.3) is 16.6 Å². The molecule has 27 heavy (non-hydrogen) atoms. The van der Waals surface area contributed by atoms with Crippen LogP contribution in [0.4, 0.5) is 0 Å². The fraction of sp³-hybridized carbons (Fsp3) is 0.0435. The van der Waals surface area contributed by atoms with Gasteiger partial charge in [0.1, 0.15) is 0 Å². The average molecular weight is 355 g/mol. The van der Waals surface area contributed by atoms with E-state index in [1.165, 1.54) is 6.92 Å². The highest BCUT2D eigenvalue weighted by Gasteiger charge is 2.18. The maximum Gasteiger partial charge on any atom is 0.308 e. The van der Waals surface area contributed by atoms with Crippen molar-refractivity contribution in [2.24, 2.45) is 0 Å². The zero-order chi connectivity index (χ0) is 18.8. The van der Waals surface area contributed by atoms with Gasteiger partial charge in [0.25, 0.3) is 0 Å². The van der Waals surface area contributed by atoms with Crippen LogP contribution in [0.5, 0.6) is 5.75 Å². The van der Waals surface area contributed by atoms with E-state index < -0.39 is 0 Å². The van der Waals surface area contributed by atoms with E-state index in [0.717, 1.165) is 16.6 Å². The van der Waals surface area contributed by atoms with Crippen molar-refractivity contribution in [3.05, 3.63) is 96.2 Å². The first-order chi connectivity index (χ1) is 13.1. The van der Waals surface area contributed by atoms with Gasteiger partial charge in [0, 0.05) is 23.4 Å². The first-order valence-electron chi connectivity index (χ1n) is 8.63. The van der Waals surface area contributed by atoms with E-state index in [1.54, 1.807) is 18.3 Å². The van der Waals surface area contributed by atoms with Crippen molar-refractivity contribution in [2.75, 3.05) is 0 Å². The van der Waals surface area contributed by atoms with Crippen molar-refractivity contribution in [1.29, 1.82) is 0 Å². The molecule has 132 valence electrons. The van der Waals surface area contributed by atoms with E-state index in [-0.39, 0.29) is 11.8 Å². The molecule has 1 heterocycles. The van der Waals surface area contributed by atoms with Crippen molar-refractivity contribution < 1.29 is 14.3 Å². The lowest BCUT2D eigenvalue weighted by atomic mass is 10.0. The Morgan fingerprint density at radius 3 is 2.26 bits per heavy atom. The minimum Gasteiger partial charge on any atom is -0.424 e. The summed E-state index contributed by atoms with van der Waals surface area (Å²) in [6.45, 7) is 1.37. The number of nitrogens with zero attached hydrogens (tertiary/aromatic N) is 1. The number of ether oxygens (including phenoxy) is 1. The number of esters is 1. The Hall–Kier alpha value is -3.66. The predicted octanol–water partition coefficient (Wildman–Crippen LogP) is 4.79. The third kappa shape index (κ3) is 3.13. The molecule has 0 amide bonds. The van der Waals surface area contributed by atoms with Crippen LogP contribution in [0.2, 0.25) is 0 Å². The molecule has 0 aliphatic rings. The zero-order valence-electron chi connectivity index (χ0n) is 14.8. The van der Waals surface area contributed by atoms with Crippen LogP contribution in [-0.4, -0.2) is 16.3 Å². The Morgan fingerprint density at radius 1 is 0.815 bits per heavy atom. The molecule has 1 aromatic heterocycles. The van der Waals surface area contributed by atoms with Crippen molar-refractivity contribution in [2.45, 2.75) is 6.92 Å². The lowest BCUT2D eigenvalue weighted by Crippen LogP contribution is -2.07. The molecule has 0 N–H and O–H groups in total. The second kappa shape index (κ2) is 6.92. The van der Waals surface area contributed by atoms with Gasteiger partial charge in [-0.1, -0.05) is 54.6 Å². The highest BCUT2D eigenvalue weighted by atomic mass is 16.5. The number of aromatic nitrogens is 1. The summed E-state index contributed by atoms with van der Waals surface area (Å²) in [4.78, 5) is 24.5. The molecule has 0 bridgehead atoms. The summed E-state index contributed by atoms with van der Waals surface area (Å²) >= 11 is 0. The maximum absolute atomic E-state index is 13.1. The summed E-state index contributed by atoms with van der Waals surface area (Å²) in [5.74, 6) is 0.0321. The fourth-order valence-electron chi connectivity index (χ4n) is 3.20. The monoisotopic (exact) mass is 355 g/mol. The van der Waals surface area contributed by atoms with Gasteiger partial charge in [0.2, 0.25) is 0 Å². The van der Waals surface area contributed by atoms with E-state index in [1.807, 2.05) is 71.3 Å². The number of rotatable bonds is 4. The molecule has 0 saturated heterocycles. The number of hydrogen-bond acceptors (Lipinski definition) is 3. The molecule has 0 fully saturated rings. The molecule has 4 rings (SSSR count). The van der Waals surface area contributed by atoms with E-state index in [4.69, 9.17) is 4.74 Å². The van der Waals surface area contributed by atoms with Gasteiger partial charge in [-0.15, -0.1) is 0 Å². The molecule has 0 aliphatic heterocycles. The molecular weight excluding hydrogens is 338 g/mol. The SMILES string of the molecule is CC(=O)Oc1cn(-c2ccccc2C(=O)c2ccccc2)c2ccccc12. The van der Waals surface area contributed by atoms with Crippen LogP contribution >= 0.6 is 0 Å². The molecule has 4 nitrogen and oxygen atoms in total. The second-order valence-corrected chi connectivity index (χ2v) is 6.19. The summed E-state index contributed by atoms with van der Waals surface area (Å²) in [5.41, 5.74) is 2.81. The van der Waals surface area contributed by atoms with Crippen LogP contribution in [0.1, 0.15) is 22.8 Å². The van der Waals surface area contributed by atoms with Gasteiger partial charge in [-0.25, -0.2) is 0 Å². The van der Waals surface area contributed by atoms with Crippen LogP contribution in [0, 0.1) is 0 Å². The second-order valence-electron chi connectivity index (χ2n) is 6.19. The Labute approximate surface area is 156 Å². The Balaban J connectivity index is 1.91. The van der Waals surface area contributed by atoms with E-state index >= 15 is 0 Å². The quantitative estimate of drug-likeness (QED) is 0.391. The van der Waals surface area contributed by atoms with Crippen LogP contribution < -0.4 is 4.74 Å². The highest BCUT2D eigenvalue weighted by Crippen LogP contribution is 2.32. The summed E-state index contributed by atoms with van der Waals surface area (Å²) in [5, 5.41) is 0.815. The number of hydrogen-bond donors (Lipinski definition) is 0. The lowest BCUT2D eigenvalue weighted by Gasteiger charge is -2.11. The van der Waals surface area contributed by atoms with Gasteiger partial charge >= 0.3 is 5.97 Å². The molecule has 0 radical (unpaired) electrons. The number of carbonyl (C=O) groups excluding carboxylic acids is 2. The molecule has 0 unspecified atom stereocenters. The van der Waals surface area contributed by atoms with Crippen molar-refractivity contribution >= 4 is 22.7 Å². The molecule has 4 aromatic rings. The third-order valence-corrected chi connectivity index (χ3v) is 4.37. The van der Waals surface area contributed by atoms with Crippen LogP contribution in [0.15, 0.2) is 85.1 Å². The van der Waals surface area contributed by atoms with Crippen LogP contribution in [-0.2, 0) is 4.79 Å². The molecule has 0 aliphatic carbocycles. The number of benzene rings is 3. The maximum atomic E-state index is 13.1. The number of para-hydroxylation sites is 2. The van der Waals surface area contributed by atoms with Gasteiger partial charge in [0.15, 0.2) is 11.5 Å². The normalized spacial score (nSPS) is 10.7. The van der Waals surface area contributed by atoms with E-state index in [9.17, 15) is 9.59 Å². The number of carbonyl (C=O) groups is 2. The lowest BCUT2D eigenvalue weighted by molar-refractivity contribution is -0.131. The molecular formula is C23H17NO3. The first-order valence-corrected chi connectivity index (χ1v) is 8.63. The largest absolute Gasteiger partial charge is 0.424 e. The standard InChI is InChI=1S/C23H17NO3/c1-16(25)27-22-15-24(20-13-7-5-11-18(20)22)21-14-8-6-12-19(21)23(26)17-9-3-2-4-10-17/h2-15H,1H3. The Morgan fingerprint density at radius 2 is 1.48 bits per heavy atom. The van der Waals surface area contributed by atoms with Crippen molar-refractivity contribution in [3.63, 3.8) is 0 Å². The minimum atomic E-state index is -0.383. The van der Waals surface area contributed by atoms with E-state index in [0.29, 0.717) is 16.9 Å². The predicted molar refractivity (Wildman–Crippen MR) is 104 cm³/mol. The molecule has 3 aromatic carbocycles.